The molecule has 1 aromatic heterocycles. The van der Waals surface area contributed by atoms with Crippen LogP contribution in [0.4, 0.5) is 13.2 Å². The summed E-state index contributed by atoms with van der Waals surface area (Å²) >= 11 is 0. The lowest BCUT2D eigenvalue weighted by Crippen LogP contribution is -2.44. The van der Waals surface area contributed by atoms with Crippen molar-refractivity contribution in [3.05, 3.63) is 63.1 Å². The minimum absolute atomic E-state index is 0.0744. The lowest BCUT2D eigenvalue weighted by molar-refractivity contribution is -0.138. The van der Waals surface area contributed by atoms with Crippen molar-refractivity contribution in [2.75, 3.05) is 6.54 Å². The molecule has 1 saturated carbocycles. The van der Waals surface area contributed by atoms with Crippen molar-refractivity contribution in [2.24, 2.45) is 0 Å². The van der Waals surface area contributed by atoms with Crippen molar-refractivity contribution in [1.29, 1.82) is 0 Å². The first kappa shape index (κ1) is 17.3. The summed E-state index contributed by atoms with van der Waals surface area (Å²) in [6.07, 6.45) is -3.84. The van der Waals surface area contributed by atoms with Crippen LogP contribution in [-0.4, -0.2) is 27.5 Å². The van der Waals surface area contributed by atoms with Crippen molar-refractivity contribution in [3.63, 3.8) is 0 Å². The third kappa shape index (κ3) is 2.40. The average Bonchev–Trinajstić information content (AvgIpc) is 3.18. The van der Waals surface area contributed by atoms with E-state index < -0.39 is 23.2 Å². The van der Waals surface area contributed by atoms with E-state index >= 15 is 0 Å². The largest absolute Gasteiger partial charge is 0.487 e. The number of amides is 1. The molecule has 1 amide bonds. The van der Waals surface area contributed by atoms with Gasteiger partial charge in [0, 0.05) is 37.2 Å². The van der Waals surface area contributed by atoms with Gasteiger partial charge in [-0.25, -0.2) is 0 Å². The molecule has 0 spiro atoms. The predicted molar refractivity (Wildman–Crippen MR) is 93.3 cm³/mol. The quantitative estimate of drug-likeness (QED) is 0.792. The topological polar surface area (TPSA) is 51.5 Å². The second-order valence-corrected chi connectivity index (χ2v) is 7.80. The Balaban J connectivity index is 1.57. The van der Waals surface area contributed by atoms with Gasteiger partial charge in [0.1, 0.15) is 17.0 Å². The van der Waals surface area contributed by atoms with E-state index in [-0.39, 0.29) is 42.4 Å². The molecule has 0 saturated heterocycles. The lowest BCUT2D eigenvalue weighted by atomic mass is 9.95. The molecule has 3 aliphatic rings. The molecule has 2 aromatic rings. The number of benzene rings is 1. The first-order valence-electron chi connectivity index (χ1n) is 9.10. The highest BCUT2D eigenvalue weighted by Crippen LogP contribution is 2.63. The monoisotopic (exact) mass is 390 g/mol. The van der Waals surface area contributed by atoms with Crippen LogP contribution in [0.3, 0.4) is 0 Å². The van der Waals surface area contributed by atoms with Crippen molar-refractivity contribution in [1.82, 2.24) is 9.47 Å². The maximum Gasteiger partial charge on any atom is 0.416 e. The highest BCUT2D eigenvalue weighted by atomic mass is 19.4. The van der Waals surface area contributed by atoms with Gasteiger partial charge in [-0.1, -0.05) is 6.07 Å². The van der Waals surface area contributed by atoms with E-state index in [1.54, 1.807) is 0 Å². The molecule has 5 rings (SSSR count). The number of halogens is 3. The average molecular weight is 390 g/mol. The summed E-state index contributed by atoms with van der Waals surface area (Å²) in [5.41, 5.74) is -0.573. The second-order valence-electron chi connectivity index (χ2n) is 7.80. The zero-order valence-corrected chi connectivity index (χ0v) is 15.0. The molecule has 0 radical (unpaired) electrons. The summed E-state index contributed by atoms with van der Waals surface area (Å²) in [6, 6.07) is 6.79. The van der Waals surface area contributed by atoms with Crippen LogP contribution in [0.5, 0.6) is 5.75 Å². The van der Waals surface area contributed by atoms with Crippen molar-refractivity contribution >= 4 is 5.91 Å². The molecule has 146 valence electrons. The van der Waals surface area contributed by atoms with Gasteiger partial charge in [0.2, 0.25) is 0 Å². The standard InChI is InChI=1S/C20H17F3N2O3/c1-19-9-13(19)17-11(12(20(21,22)23)5-6-15(17)28-19)10-24-7-8-25-14(18(24)27)3-2-4-16(25)26/h2-6,13H,7-10H2,1H3/t13-,19-/m0/s1. The van der Waals surface area contributed by atoms with E-state index in [1.165, 1.54) is 33.7 Å². The van der Waals surface area contributed by atoms with Crippen molar-refractivity contribution in [3.8, 4) is 5.75 Å². The molecular formula is C20H17F3N2O3. The molecule has 0 bridgehead atoms. The molecular weight excluding hydrogens is 373 g/mol. The fourth-order valence-electron chi connectivity index (χ4n) is 4.43. The number of carbonyl (C=O) groups excluding carboxylic acids is 1. The van der Waals surface area contributed by atoms with E-state index in [9.17, 15) is 22.8 Å². The predicted octanol–water partition coefficient (Wildman–Crippen LogP) is 3.16. The van der Waals surface area contributed by atoms with Gasteiger partial charge in [0.25, 0.3) is 11.5 Å². The van der Waals surface area contributed by atoms with Gasteiger partial charge in [-0.15, -0.1) is 0 Å². The number of rotatable bonds is 2. The smallest absolute Gasteiger partial charge is 0.416 e. The highest BCUT2D eigenvalue weighted by Gasteiger charge is 2.61. The number of fused-ring (bicyclic) bond motifs is 4. The Morgan fingerprint density at radius 1 is 1.18 bits per heavy atom. The number of ether oxygens (including phenoxy) is 1. The zero-order chi connectivity index (χ0) is 19.8. The molecule has 28 heavy (non-hydrogen) atoms. The first-order chi connectivity index (χ1) is 13.2. The van der Waals surface area contributed by atoms with E-state index in [0.29, 0.717) is 17.7 Å². The van der Waals surface area contributed by atoms with Gasteiger partial charge in [-0.2, -0.15) is 13.2 Å². The Kier molecular flexibility index (Phi) is 3.34. The zero-order valence-electron chi connectivity index (χ0n) is 15.0. The molecule has 0 N–H and O–H groups in total. The van der Waals surface area contributed by atoms with Crippen LogP contribution >= 0.6 is 0 Å². The van der Waals surface area contributed by atoms with Gasteiger partial charge in [0.05, 0.1) is 5.56 Å². The Morgan fingerprint density at radius 2 is 1.96 bits per heavy atom. The fraction of sp³-hybridized carbons (Fsp3) is 0.400. The molecule has 1 aliphatic carbocycles. The maximum atomic E-state index is 13.7. The van der Waals surface area contributed by atoms with Crippen LogP contribution in [0.2, 0.25) is 0 Å². The summed E-state index contributed by atoms with van der Waals surface area (Å²) in [5, 5.41) is 0. The minimum Gasteiger partial charge on any atom is -0.487 e. The summed E-state index contributed by atoms with van der Waals surface area (Å²) in [6.45, 7) is 2.17. The molecule has 8 heteroatoms. The molecule has 2 aliphatic heterocycles. The Morgan fingerprint density at radius 3 is 2.71 bits per heavy atom. The van der Waals surface area contributed by atoms with Gasteiger partial charge in [-0.05, 0) is 37.1 Å². The lowest BCUT2D eigenvalue weighted by Gasteiger charge is -2.31. The second kappa shape index (κ2) is 5.40. The Bertz CT molecular complexity index is 1080. The van der Waals surface area contributed by atoms with Crippen LogP contribution in [-0.2, 0) is 19.3 Å². The minimum atomic E-state index is -4.52. The molecule has 1 fully saturated rings. The van der Waals surface area contributed by atoms with Crippen molar-refractivity contribution in [2.45, 2.75) is 44.1 Å². The highest BCUT2D eigenvalue weighted by molar-refractivity contribution is 5.93. The molecule has 2 atom stereocenters. The van der Waals surface area contributed by atoms with E-state index in [4.69, 9.17) is 4.74 Å². The summed E-state index contributed by atoms with van der Waals surface area (Å²) in [4.78, 5) is 26.2. The van der Waals surface area contributed by atoms with Gasteiger partial charge >= 0.3 is 6.18 Å². The molecule has 5 nitrogen and oxygen atoms in total. The number of alkyl halides is 3. The number of hydrogen-bond donors (Lipinski definition) is 0. The van der Waals surface area contributed by atoms with Crippen LogP contribution in [0, 0.1) is 0 Å². The number of carbonyl (C=O) groups is 1. The third-order valence-electron chi connectivity index (χ3n) is 6.00. The number of pyridine rings is 1. The molecule has 3 heterocycles. The third-order valence-corrected chi connectivity index (χ3v) is 6.00. The fourth-order valence-corrected chi connectivity index (χ4v) is 4.43. The maximum absolute atomic E-state index is 13.7. The Labute approximate surface area is 158 Å². The van der Waals surface area contributed by atoms with Gasteiger partial charge in [0.15, 0.2) is 0 Å². The van der Waals surface area contributed by atoms with Crippen LogP contribution in [0.25, 0.3) is 0 Å². The Hall–Kier alpha value is -2.77. The van der Waals surface area contributed by atoms with Gasteiger partial charge in [-0.3, -0.25) is 9.59 Å². The van der Waals surface area contributed by atoms with E-state index in [0.717, 1.165) is 6.07 Å². The SMILES string of the molecule is C[C@]12C[C@H]1c1c(ccc(C(F)(F)F)c1CN1CCn3c(cccc3=O)C1=O)O2. The molecule has 1 aromatic carbocycles. The number of nitrogens with zero attached hydrogens (tertiary/aromatic N) is 2. The first-order valence-corrected chi connectivity index (χ1v) is 9.10. The van der Waals surface area contributed by atoms with Crippen LogP contribution in [0.1, 0.15) is 46.4 Å². The van der Waals surface area contributed by atoms with Gasteiger partial charge < -0.3 is 14.2 Å². The summed E-state index contributed by atoms with van der Waals surface area (Å²) in [7, 11) is 0. The van der Waals surface area contributed by atoms with E-state index in [1.807, 2.05) is 6.92 Å². The van der Waals surface area contributed by atoms with E-state index in [2.05, 4.69) is 0 Å². The molecule has 0 unspecified atom stereocenters. The number of aromatic nitrogens is 1. The van der Waals surface area contributed by atoms with Crippen LogP contribution in [0.15, 0.2) is 35.1 Å². The van der Waals surface area contributed by atoms with Crippen LogP contribution < -0.4 is 10.3 Å². The van der Waals surface area contributed by atoms with Crippen molar-refractivity contribution < 1.29 is 22.7 Å². The summed E-state index contributed by atoms with van der Waals surface area (Å²) < 4.78 is 48.3. The normalized spacial score (nSPS) is 25.1. The summed E-state index contributed by atoms with van der Waals surface area (Å²) in [5.74, 6) is -0.0374. The number of hydrogen-bond acceptors (Lipinski definition) is 3.